The van der Waals surface area contributed by atoms with Crippen LogP contribution >= 0.6 is 0 Å². The Morgan fingerprint density at radius 2 is 2.04 bits per heavy atom. The Labute approximate surface area is 140 Å². The number of aliphatic hydroxyl groups is 1. The van der Waals surface area contributed by atoms with Gasteiger partial charge in [0.2, 0.25) is 0 Å². The Hall–Kier alpha value is -1.40. The van der Waals surface area contributed by atoms with Crippen molar-refractivity contribution in [3.05, 3.63) is 24.3 Å². The zero-order valence-electron chi connectivity index (χ0n) is 14.0. The van der Waals surface area contributed by atoms with Crippen LogP contribution in [0.3, 0.4) is 0 Å². The summed E-state index contributed by atoms with van der Waals surface area (Å²) in [6.07, 6.45) is 4.17. The maximum atomic E-state index is 12.6. The molecule has 0 radical (unpaired) electrons. The second-order valence-electron chi connectivity index (χ2n) is 6.64. The second kappa shape index (κ2) is 7.45. The molecule has 0 aliphatic carbocycles. The molecule has 0 unspecified atom stereocenters. The van der Waals surface area contributed by atoms with Gasteiger partial charge in [0, 0.05) is 34.2 Å². The van der Waals surface area contributed by atoms with Crippen LogP contribution in [-0.4, -0.2) is 45.2 Å². The van der Waals surface area contributed by atoms with Gasteiger partial charge >= 0.3 is 6.03 Å². The average molecular weight is 338 g/mol. The van der Waals surface area contributed by atoms with Crippen molar-refractivity contribution in [2.24, 2.45) is 5.92 Å². The third-order valence-electron chi connectivity index (χ3n) is 4.36. The van der Waals surface area contributed by atoms with E-state index in [1.54, 1.807) is 35.4 Å². The van der Waals surface area contributed by atoms with Crippen molar-refractivity contribution in [1.82, 2.24) is 4.90 Å². The van der Waals surface area contributed by atoms with Crippen LogP contribution in [0.4, 0.5) is 10.5 Å². The molecule has 2 atom stereocenters. The molecular formula is C17H26N2O3S. The van der Waals surface area contributed by atoms with Gasteiger partial charge in [-0.2, -0.15) is 0 Å². The number of anilines is 1. The third-order valence-corrected chi connectivity index (χ3v) is 5.30. The summed E-state index contributed by atoms with van der Waals surface area (Å²) in [6.45, 7) is 4.87. The Kier molecular flexibility index (Phi) is 5.81. The molecule has 0 aromatic heterocycles. The van der Waals surface area contributed by atoms with Gasteiger partial charge in [0.05, 0.1) is 12.1 Å². The molecule has 1 aliphatic rings. The predicted octanol–water partition coefficient (Wildman–Crippen LogP) is 2.83. The number of likely N-dealkylation sites (tertiary alicyclic amines) is 1. The minimum Gasteiger partial charge on any atom is -0.394 e. The second-order valence-corrected chi connectivity index (χ2v) is 8.02. The fourth-order valence-corrected chi connectivity index (χ4v) is 3.90. The molecular weight excluding hydrogens is 312 g/mol. The zero-order valence-corrected chi connectivity index (χ0v) is 14.9. The fourth-order valence-electron chi connectivity index (χ4n) is 3.38. The molecule has 2 amide bonds. The molecule has 1 aromatic carbocycles. The highest BCUT2D eigenvalue weighted by atomic mass is 32.2. The SMILES string of the molecule is CC(C)C[C@@]1(CO)CCCN1C(=O)Nc1ccc([S@@](C)=O)cc1. The summed E-state index contributed by atoms with van der Waals surface area (Å²) < 4.78 is 11.4. The first-order valence-corrected chi connectivity index (χ1v) is 9.57. The number of hydrogen-bond acceptors (Lipinski definition) is 3. The molecule has 2 N–H and O–H groups in total. The van der Waals surface area contributed by atoms with Gasteiger partial charge in [0.15, 0.2) is 0 Å². The van der Waals surface area contributed by atoms with Crippen molar-refractivity contribution in [2.45, 2.75) is 43.5 Å². The fraction of sp³-hybridized carbons (Fsp3) is 0.588. The smallest absolute Gasteiger partial charge is 0.322 e. The van der Waals surface area contributed by atoms with Crippen LogP contribution < -0.4 is 5.32 Å². The summed E-state index contributed by atoms with van der Waals surface area (Å²) in [6, 6.07) is 6.84. The lowest BCUT2D eigenvalue weighted by Gasteiger charge is -2.38. The highest BCUT2D eigenvalue weighted by molar-refractivity contribution is 7.84. The van der Waals surface area contributed by atoms with Crippen LogP contribution in [0.1, 0.15) is 33.1 Å². The van der Waals surface area contributed by atoms with E-state index in [-0.39, 0.29) is 12.6 Å². The average Bonchev–Trinajstić information content (AvgIpc) is 2.91. The minimum absolute atomic E-state index is 0.00758. The molecule has 0 bridgehead atoms. The van der Waals surface area contributed by atoms with E-state index in [1.165, 1.54) is 0 Å². The van der Waals surface area contributed by atoms with Crippen LogP contribution in [-0.2, 0) is 10.8 Å². The normalized spacial score (nSPS) is 22.4. The lowest BCUT2D eigenvalue weighted by Crippen LogP contribution is -2.52. The number of nitrogens with zero attached hydrogens (tertiary/aromatic N) is 1. The number of aliphatic hydroxyl groups excluding tert-OH is 1. The van der Waals surface area contributed by atoms with Crippen LogP contribution in [0, 0.1) is 5.92 Å². The molecule has 1 aliphatic heterocycles. The van der Waals surface area contributed by atoms with Gasteiger partial charge in [-0.25, -0.2) is 4.79 Å². The van der Waals surface area contributed by atoms with Gasteiger partial charge in [0.1, 0.15) is 0 Å². The van der Waals surface area contributed by atoms with Gasteiger partial charge in [-0.05, 0) is 49.4 Å². The van der Waals surface area contributed by atoms with E-state index in [1.807, 2.05) is 0 Å². The van der Waals surface area contributed by atoms with Crippen molar-refractivity contribution >= 4 is 22.5 Å². The van der Waals surface area contributed by atoms with Crippen molar-refractivity contribution in [2.75, 3.05) is 24.7 Å². The number of amides is 2. The molecule has 1 heterocycles. The first-order chi connectivity index (χ1) is 10.9. The zero-order chi connectivity index (χ0) is 17.0. The summed E-state index contributed by atoms with van der Waals surface area (Å²) in [5, 5.41) is 12.8. The third kappa shape index (κ3) is 4.12. The van der Waals surface area contributed by atoms with Gasteiger partial charge in [-0.3, -0.25) is 4.21 Å². The van der Waals surface area contributed by atoms with Crippen molar-refractivity contribution < 1.29 is 14.1 Å². The standard InChI is InChI=1S/C17H26N2O3S/c1-13(2)11-17(12-20)9-4-10-19(17)16(21)18-14-5-7-15(8-6-14)23(3)22/h5-8,13,20H,4,9-12H2,1-3H3,(H,18,21)/t17-,23-/m1/s1. The number of rotatable bonds is 5. The van der Waals surface area contributed by atoms with Gasteiger partial charge in [0.25, 0.3) is 0 Å². The summed E-state index contributed by atoms with van der Waals surface area (Å²) in [5.41, 5.74) is 0.218. The van der Waals surface area contributed by atoms with Crippen LogP contribution in [0.25, 0.3) is 0 Å². The first kappa shape index (κ1) is 17.9. The highest BCUT2D eigenvalue weighted by Crippen LogP contribution is 2.35. The van der Waals surface area contributed by atoms with Gasteiger partial charge in [-0.15, -0.1) is 0 Å². The summed E-state index contributed by atoms with van der Waals surface area (Å²) in [7, 11) is -1.03. The monoisotopic (exact) mass is 338 g/mol. The largest absolute Gasteiger partial charge is 0.394 e. The number of carbonyl (C=O) groups is 1. The van der Waals surface area contributed by atoms with Crippen molar-refractivity contribution in [1.29, 1.82) is 0 Å². The molecule has 1 fully saturated rings. The van der Waals surface area contributed by atoms with E-state index >= 15 is 0 Å². The summed E-state index contributed by atoms with van der Waals surface area (Å²) >= 11 is 0. The van der Waals surface area contributed by atoms with Crippen LogP contribution in [0.15, 0.2) is 29.2 Å². The molecule has 6 heteroatoms. The molecule has 1 saturated heterocycles. The lowest BCUT2D eigenvalue weighted by molar-refractivity contribution is 0.0728. The molecule has 0 spiro atoms. The number of carbonyl (C=O) groups excluding carboxylic acids is 1. The molecule has 23 heavy (non-hydrogen) atoms. The Morgan fingerprint density at radius 3 is 2.57 bits per heavy atom. The topological polar surface area (TPSA) is 69.6 Å². The Balaban J connectivity index is 2.10. The number of hydrogen-bond donors (Lipinski definition) is 2. The number of nitrogens with one attached hydrogen (secondary N) is 1. The molecule has 0 saturated carbocycles. The van der Waals surface area contributed by atoms with E-state index in [0.29, 0.717) is 18.2 Å². The Bertz CT molecular complexity index is 574. The van der Waals surface area contributed by atoms with E-state index < -0.39 is 16.3 Å². The first-order valence-electron chi connectivity index (χ1n) is 8.01. The predicted molar refractivity (Wildman–Crippen MR) is 93.0 cm³/mol. The van der Waals surface area contributed by atoms with Gasteiger partial charge < -0.3 is 15.3 Å². The maximum Gasteiger partial charge on any atom is 0.322 e. The maximum absolute atomic E-state index is 12.6. The summed E-state index contributed by atoms with van der Waals surface area (Å²) in [5.74, 6) is 0.411. The molecule has 2 rings (SSSR count). The van der Waals surface area contributed by atoms with Crippen LogP contribution in [0.5, 0.6) is 0 Å². The molecule has 128 valence electrons. The lowest BCUT2D eigenvalue weighted by atomic mass is 9.87. The minimum atomic E-state index is -1.03. The summed E-state index contributed by atoms with van der Waals surface area (Å²) in [4.78, 5) is 15.1. The highest BCUT2D eigenvalue weighted by Gasteiger charge is 2.43. The number of benzene rings is 1. The van der Waals surface area contributed by atoms with Crippen molar-refractivity contribution in [3.8, 4) is 0 Å². The van der Waals surface area contributed by atoms with Crippen LogP contribution in [0.2, 0.25) is 0 Å². The van der Waals surface area contributed by atoms with E-state index in [9.17, 15) is 14.1 Å². The van der Waals surface area contributed by atoms with E-state index in [0.717, 1.165) is 24.2 Å². The quantitative estimate of drug-likeness (QED) is 0.867. The number of urea groups is 1. The van der Waals surface area contributed by atoms with E-state index in [4.69, 9.17) is 0 Å². The van der Waals surface area contributed by atoms with Crippen molar-refractivity contribution in [3.63, 3.8) is 0 Å². The molecule has 1 aromatic rings. The Morgan fingerprint density at radius 1 is 1.39 bits per heavy atom. The van der Waals surface area contributed by atoms with E-state index in [2.05, 4.69) is 19.2 Å². The van der Waals surface area contributed by atoms with Gasteiger partial charge in [-0.1, -0.05) is 13.8 Å². The molecule has 5 nitrogen and oxygen atoms in total.